The predicted octanol–water partition coefficient (Wildman–Crippen LogP) is 2.94. The van der Waals surface area contributed by atoms with Crippen LogP contribution in [0, 0.1) is 5.82 Å². The molecule has 2 amide bonds. The maximum atomic E-state index is 13.5. The van der Waals surface area contributed by atoms with Crippen LogP contribution in [0.4, 0.5) is 20.6 Å². The highest BCUT2D eigenvalue weighted by Gasteiger charge is 2.06. The Morgan fingerprint density at radius 3 is 2.33 bits per heavy atom. The third-order valence-electron chi connectivity index (χ3n) is 2.86. The highest BCUT2D eigenvalue weighted by atomic mass is 19.1. The van der Waals surface area contributed by atoms with Gasteiger partial charge in [-0.15, -0.1) is 0 Å². The van der Waals surface area contributed by atoms with Gasteiger partial charge in [-0.25, -0.2) is 9.18 Å². The Kier molecular flexibility index (Phi) is 4.73. The summed E-state index contributed by atoms with van der Waals surface area (Å²) in [7, 11) is 1.38. The molecule has 0 aliphatic heterocycles. The van der Waals surface area contributed by atoms with E-state index in [1.807, 2.05) is 12.1 Å². The normalized spacial score (nSPS) is 10.0. The predicted molar refractivity (Wildman–Crippen MR) is 79.9 cm³/mol. The van der Waals surface area contributed by atoms with E-state index in [4.69, 9.17) is 10.5 Å². The Hall–Kier alpha value is -2.60. The van der Waals surface area contributed by atoms with Crippen LogP contribution >= 0.6 is 0 Å². The zero-order valence-electron chi connectivity index (χ0n) is 11.5. The maximum absolute atomic E-state index is 13.5. The third-order valence-corrected chi connectivity index (χ3v) is 2.86. The van der Waals surface area contributed by atoms with Gasteiger partial charge in [0.2, 0.25) is 0 Å². The lowest BCUT2D eigenvalue weighted by molar-refractivity contribution is 0.262. The molecule has 0 unspecified atom stereocenters. The molecule has 0 aromatic heterocycles. The van der Waals surface area contributed by atoms with Crippen LogP contribution < -0.4 is 21.1 Å². The lowest BCUT2D eigenvalue weighted by Crippen LogP contribution is -2.19. The summed E-state index contributed by atoms with van der Waals surface area (Å²) in [4.78, 5) is 11.8. The van der Waals surface area contributed by atoms with Gasteiger partial charge in [-0.05, 0) is 29.8 Å². The minimum atomic E-state index is -0.539. The summed E-state index contributed by atoms with van der Waals surface area (Å²) >= 11 is 0. The van der Waals surface area contributed by atoms with Crippen molar-refractivity contribution in [3.63, 3.8) is 0 Å². The second-order valence-corrected chi connectivity index (χ2v) is 4.33. The number of benzene rings is 2. The number of ether oxygens (including phenoxy) is 1. The summed E-state index contributed by atoms with van der Waals surface area (Å²) in [6.45, 7) is 0.442. The van der Waals surface area contributed by atoms with Crippen LogP contribution in [0.1, 0.15) is 5.56 Å². The number of methoxy groups -OCH3 is 1. The number of hydrogen-bond donors (Lipinski definition) is 3. The fourth-order valence-electron chi connectivity index (χ4n) is 1.76. The van der Waals surface area contributed by atoms with Gasteiger partial charge in [0.1, 0.15) is 0 Å². The van der Waals surface area contributed by atoms with Gasteiger partial charge in [0.25, 0.3) is 0 Å². The molecule has 0 aliphatic carbocycles. The van der Waals surface area contributed by atoms with Crippen molar-refractivity contribution in [2.24, 2.45) is 5.73 Å². The van der Waals surface area contributed by atoms with E-state index < -0.39 is 11.8 Å². The van der Waals surface area contributed by atoms with E-state index in [0.717, 1.165) is 5.56 Å². The van der Waals surface area contributed by atoms with Crippen LogP contribution in [0.5, 0.6) is 5.75 Å². The van der Waals surface area contributed by atoms with Crippen LogP contribution in [0.2, 0.25) is 0 Å². The molecule has 0 saturated heterocycles. The van der Waals surface area contributed by atoms with Crippen molar-refractivity contribution < 1.29 is 13.9 Å². The molecule has 5 nitrogen and oxygen atoms in total. The van der Waals surface area contributed by atoms with E-state index in [0.29, 0.717) is 17.9 Å². The first-order valence-corrected chi connectivity index (χ1v) is 6.33. The molecule has 21 heavy (non-hydrogen) atoms. The first-order valence-electron chi connectivity index (χ1n) is 6.33. The van der Waals surface area contributed by atoms with Crippen molar-refractivity contribution in [3.05, 3.63) is 53.8 Å². The molecule has 0 bridgehead atoms. The average Bonchev–Trinajstić information content (AvgIpc) is 2.48. The molecule has 0 aliphatic rings. The Labute approximate surface area is 121 Å². The number of hydrogen-bond acceptors (Lipinski definition) is 3. The molecule has 2 aromatic rings. The Balaban J connectivity index is 1.99. The number of nitrogens with one attached hydrogen (secondary N) is 2. The van der Waals surface area contributed by atoms with Crippen LogP contribution in [0.25, 0.3) is 0 Å². The minimum Gasteiger partial charge on any atom is -0.494 e. The molecule has 0 saturated carbocycles. The summed E-state index contributed by atoms with van der Waals surface area (Å²) in [6, 6.07) is 10.9. The lowest BCUT2D eigenvalue weighted by atomic mass is 10.2. The summed E-state index contributed by atoms with van der Waals surface area (Å²) in [5, 5.41) is 5.19. The molecule has 4 N–H and O–H groups in total. The second-order valence-electron chi connectivity index (χ2n) is 4.33. The lowest BCUT2D eigenvalue weighted by Gasteiger charge is -2.09. The number of amides is 2. The Morgan fingerprint density at radius 1 is 1.14 bits per heavy atom. The average molecular weight is 289 g/mol. The van der Waals surface area contributed by atoms with Gasteiger partial charge in [0, 0.05) is 24.0 Å². The number of halogens is 1. The van der Waals surface area contributed by atoms with Gasteiger partial charge in [-0.1, -0.05) is 12.1 Å². The van der Waals surface area contributed by atoms with E-state index in [2.05, 4.69) is 10.6 Å². The van der Waals surface area contributed by atoms with Crippen molar-refractivity contribution in [1.82, 2.24) is 0 Å². The molecule has 0 fully saturated rings. The summed E-state index contributed by atoms with van der Waals surface area (Å²) in [6.07, 6.45) is 0. The van der Waals surface area contributed by atoms with Gasteiger partial charge in [-0.3, -0.25) is 0 Å². The highest BCUT2D eigenvalue weighted by molar-refractivity contribution is 5.99. The van der Waals surface area contributed by atoms with E-state index in [-0.39, 0.29) is 5.75 Å². The largest absolute Gasteiger partial charge is 0.494 e. The van der Waals surface area contributed by atoms with E-state index in [1.54, 1.807) is 18.2 Å². The number of carbonyl (C=O) groups is 1. The zero-order chi connectivity index (χ0) is 15.2. The van der Waals surface area contributed by atoms with Crippen LogP contribution in [0.15, 0.2) is 42.5 Å². The number of anilines is 2. The smallest absolute Gasteiger partial charge is 0.323 e. The zero-order valence-corrected chi connectivity index (χ0v) is 11.5. The van der Waals surface area contributed by atoms with Crippen molar-refractivity contribution in [2.75, 3.05) is 17.7 Å². The van der Waals surface area contributed by atoms with Gasteiger partial charge in [0.15, 0.2) is 11.6 Å². The van der Waals surface area contributed by atoms with Gasteiger partial charge in [0.05, 0.1) is 7.11 Å². The van der Waals surface area contributed by atoms with Crippen LogP contribution in [-0.4, -0.2) is 13.1 Å². The monoisotopic (exact) mass is 289 g/mol. The quantitative estimate of drug-likeness (QED) is 0.810. The second kappa shape index (κ2) is 6.71. The number of urea groups is 1. The Morgan fingerprint density at radius 2 is 1.76 bits per heavy atom. The van der Waals surface area contributed by atoms with Crippen LogP contribution in [-0.2, 0) is 6.54 Å². The third kappa shape index (κ3) is 3.93. The molecule has 0 radical (unpaired) electrons. The Bertz CT molecular complexity index is 629. The fourth-order valence-corrected chi connectivity index (χ4v) is 1.76. The maximum Gasteiger partial charge on any atom is 0.323 e. The summed E-state index contributed by atoms with van der Waals surface area (Å²) in [5.41, 5.74) is 7.43. The minimum absolute atomic E-state index is 0.123. The number of nitrogens with two attached hydrogens (primary N) is 1. The van der Waals surface area contributed by atoms with E-state index in [9.17, 15) is 9.18 Å². The molecule has 0 spiro atoms. The summed E-state index contributed by atoms with van der Waals surface area (Å²) < 4.78 is 18.3. The molecule has 0 heterocycles. The van der Waals surface area contributed by atoms with Crippen molar-refractivity contribution in [2.45, 2.75) is 6.54 Å². The van der Waals surface area contributed by atoms with Crippen molar-refractivity contribution in [3.8, 4) is 5.75 Å². The first-order chi connectivity index (χ1) is 10.1. The van der Waals surface area contributed by atoms with Gasteiger partial charge in [-0.2, -0.15) is 0 Å². The van der Waals surface area contributed by atoms with Crippen molar-refractivity contribution in [1.29, 1.82) is 0 Å². The van der Waals surface area contributed by atoms with Gasteiger partial charge >= 0.3 is 6.03 Å². The molecular weight excluding hydrogens is 273 g/mol. The summed E-state index contributed by atoms with van der Waals surface area (Å²) in [5.74, 6) is -0.416. The topological polar surface area (TPSA) is 76.4 Å². The molecule has 2 aromatic carbocycles. The van der Waals surface area contributed by atoms with E-state index >= 15 is 0 Å². The van der Waals surface area contributed by atoms with Crippen LogP contribution in [0.3, 0.4) is 0 Å². The number of rotatable bonds is 4. The molecule has 6 heteroatoms. The SMILES string of the molecule is COc1ccc(NC(=O)Nc2ccc(CN)cc2)cc1F. The highest BCUT2D eigenvalue weighted by Crippen LogP contribution is 2.20. The van der Waals surface area contributed by atoms with E-state index in [1.165, 1.54) is 19.2 Å². The van der Waals surface area contributed by atoms with Crippen molar-refractivity contribution >= 4 is 17.4 Å². The van der Waals surface area contributed by atoms with Gasteiger partial charge < -0.3 is 21.1 Å². The molecule has 110 valence electrons. The number of carbonyl (C=O) groups excluding carboxylic acids is 1. The molecule has 2 rings (SSSR count). The molecular formula is C15H16FN3O2. The fraction of sp³-hybridized carbons (Fsp3) is 0.133. The first kappa shape index (κ1) is 14.8. The standard InChI is InChI=1S/C15H16FN3O2/c1-21-14-7-6-12(8-13(14)16)19-15(20)18-11-4-2-10(9-17)3-5-11/h2-8H,9,17H2,1H3,(H2,18,19,20). The molecule has 0 atom stereocenters.